The number of ether oxygens (including phenoxy) is 1. The predicted octanol–water partition coefficient (Wildman–Crippen LogP) is 3.65. The number of hydrogen-bond donors (Lipinski definition) is 1. The van der Waals surface area contributed by atoms with E-state index in [-0.39, 0.29) is 5.41 Å². The van der Waals surface area contributed by atoms with Crippen LogP contribution in [0.25, 0.3) is 0 Å². The van der Waals surface area contributed by atoms with E-state index in [0.717, 1.165) is 58.0 Å². The fourth-order valence-corrected chi connectivity index (χ4v) is 6.27. The topological polar surface area (TPSA) is 46.5 Å². The summed E-state index contributed by atoms with van der Waals surface area (Å²) in [5.41, 5.74) is 0.518. The monoisotopic (exact) mass is 318 g/mol. The molecule has 0 saturated heterocycles. The minimum atomic E-state index is -0.622. The Morgan fingerprint density at radius 3 is 2.91 bits per heavy atom. The first-order valence-electron chi connectivity index (χ1n) is 9.57. The highest BCUT2D eigenvalue weighted by Crippen LogP contribution is 2.60. The van der Waals surface area contributed by atoms with Crippen molar-refractivity contribution in [1.29, 1.82) is 0 Å². The molecule has 0 aromatic carbocycles. The molecule has 0 radical (unpaired) electrons. The summed E-state index contributed by atoms with van der Waals surface area (Å²) in [6.45, 7) is 4.99. The van der Waals surface area contributed by atoms with Crippen molar-refractivity contribution in [2.75, 3.05) is 6.61 Å². The van der Waals surface area contributed by atoms with E-state index in [1.54, 1.807) is 0 Å². The lowest BCUT2D eigenvalue weighted by atomic mass is 9.53. The van der Waals surface area contributed by atoms with Gasteiger partial charge in [-0.3, -0.25) is 4.79 Å². The van der Waals surface area contributed by atoms with Gasteiger partial charge in [-0.15, -0.1) is 0 Å². The zero-order chi connectivity index (χ0) is 16.2. The third-order valence-corrected chi connectivity index (χ3v) is 7.57. The van der Waals surface area contributed by atoms with Crippen molar-refractivity contribution in [3.05, 3.63) is 11.6 Å². The Kier molecular flexibility index (Phi) is 3.73. The zero-order valence-electron chi connectivity index (χ0n) is 14.5. The second kappa shape index (κ2) is 5.42. The number of allylic oxidation sites excluding steroid dienone is 1. The molecule has 0 amide bonds. The normalized spacial score (nSPS) is 49.2. The first kappa shape index (κ1) is 15.8. The molecule has 0 aromatic heterocycles. The number of rotatable bonds is 2. The van der Waals surface area contributed by atoms with Crippen LogP contribution in [0.3, 0.4) is 0 Å². The third kappa shape index (κ3) is 2.19. The molecule has 128 valence electrons. The van der Waals surface area contributed by atoms with Crippen LogP contribution in [0.5, 0.6) is 0 Å². The zero-order valence-corrected chi connectivity index (χ0v) is 14.5. The van der Waals surface area contributed by atoms with Gasteiger partial charge in [-0.1, -0.05) is 13.0 Å². The van der Waals surface area contributed by atoms with Gasteiger partial charge in [0.1, 0.15) is 5.78 Å². The molecular weight excluding hydrogens is 288 g/mol. The highest BCUT2D eigenvalue weighted by atomic mass is 16.5. The number of ketones is 1. The summed E-state index contributed by atoms with van der Waals surface area (Å²) >= 11 is 0. The maximum Gasteiger partial charge on any atom is 0.139 e. The van der Waals surface area contributed by atoms with Gasteiger partial charge in [-0.25, -0.2) is 0 Å². The van der Waals surface area contributed by atoms with Crippen molar-refractivity contribution in [2.24, 2.45) is 23.2 Å². The van der Waals surface area contributed by atoms with Crippen LogP contribution >= 0.6 is 0 Å². The summed E-state index contributed by atoms with van der Waals surface area (Å²) in [7, 11) is 0. The van der Waals surface area contributed by atoms with Crippen LogP contribution < -0.4 is 0 Å². The maximum absolute atomic E-state index is 12.4. The van der Waals surface area contributed by atoms with E-state index in [4.69, 9.17) is 4.74 Å². The van der Waals surface area contributed by atoms with Crippen molar-refractivity contribution < 1.29 is 14.6 Å². The number of carbonyl (C=O) groups is 1. The van der Waals surface area contributed by atoms with E-state index in [2.05, 4.69) is 19.9 Å². The summed E-state index contributed by atoms with van der Waals surface area (Å²) in [5.74, 6) is 1.69. The van der Waals surface area contributed by atoms with Crippen molar-refractivity contribution >= 4 is 5.78 Å². The summed E-state index contributed by atoms with van der Waals surface area (Å²) in [6, 6.07) is 0. The van der Waals surface area contributed by atoms with E-state index in [0.29, 0.717) is 29.6 Å². The first-order valence-corrected chi connectivity index (χ1v) is 9.57. The number of Topliss-reactive ketones (excluding diaryl/α,β-unsaturated/α-hetero) is 1. The molecule has 0 heterocycles. The lowest BCUT2D eigenvalue weighted by molar-refractivity contribution is -0.129. The summed E-state index contributed by atoms with van der Waals surface area (Å²) in [6.07, 6.45) is 10.2. The molecule has 3 fully saturated rings. The van der Waals surface area contributed by atoms with Crippen LogP contribution in [0.1, 0.15) is 65.2 Å². The lowest BCUT2D eigenvalue weighted by Crippen LogP contribution is -2.54. The van der Waals surface area contributed by atoms with Gasteiger partial charge in [-0.05, 0) is 75.2 Å². The van der Waals surface area contributed by atoms with Crippen molar-refractivity contribution in [2.45, 2.75) is 76.9 Å². The van der Waals surface area contributed by atoms with Gasteiger partial charge >= 0.3 is 0 Å². The average Bonchev–Trinajstić information content (AvgIpc) is 2.84. The molecule has 23 heavy (non-hydrogen) atoms. The number of aliphatic hydroxyl groups is 1. The van der Waals surface area contributed by atoms with Crippen molar-refractivity contribution in [3.63, 3.8) is 0 Å². The molecule has 3 saturated carbocycles. The quantitative estimate of drug-likeness (QED) is 0.791. The van der Waals surface area contributed by atoms with Crippen LogP contribution in [-0.2, 0) is 9.53 Å². The Bertz CT molecular complexity index is 539. The van der Waals surface area contributed by atoms with Crippen molar-refractivity contribution in [3.8, 4) is 0 Å². The first-order chi connectivity index (χ1) is 11.0. The Morgan fingerprint density at radius 2 is 2.13 bits per heavy atom. The molecule has 0 bridgehead atoms. The molecule has 1 N–H and O–H groups in total. The maximum atomic E-state index is 12.4. The molecule has 0 aromatic rings. The van der Waals surface area contributed by atoms with Crippen LogP contribution in [-0.4, -0.2) is 29.2 Å². The van der Waals surface area contributed by atoms with Gasteiger partial charge in [0.2, 0.25) is 0 Å². The molecule has 6 atom stereocenters. The number of carbonyl (C=O) groups excluding carboxylic acids is 1. The molecule has 0 aliphatic heterocycles. The van der Waals surface area contributed by atoms with Crippen LogP contribution in [0, 0.1) is 23.2 Å². The van der Waals surface area contributed by atoms with Crippen LogP contribution in [0.4, 0.5) is 0 Å². The molecule has 3 heteroatoms. The van der Waals surface area contributed by atoms with Gasteiger partial charge in [0, 0.05) is 18.4 Å². The highest BCUT2D eigenvalue weighted by Gasteiger charge is 2.58. The largest absolute Gasteiger partial charge is 0.385 e. The third-order valence-electron chi connectivity index (χ3n) is 7.57. The molecule has 4 aliphatic carbocycles. The van der Waals surface area contributed by atoms with Crippen LogP contribution in [0.2, 0.25) is 0 Å². The van der Waals surface area contributed by atoms with Gasteiger partial charge in [0.15, 0.2) is 0 Å². The molecule has 0 spiro atoms. The minimum absolute atomic E-state index is 0.153. The SMILES string of the molecule is CCO[C@H]1CCC2(O)C3=CC[C@]4(C)C(=O)CCC4C3CCC2C1. The van der Waals surface area contributed by atoms with E-state index >= 15 is 0 Å². The van der Waals surface area contributed by atoms with E-state index in [1.165, 1.54) is 5.57 Å². The van der Waals surface area contributed by atoms with Crippen LogP contribution in [0.15, 0.2) is 11.6 Å². The number of hydrogen-bond acceptors (Lipinski definition) is 3. The van der Waals surface area contributed by atoms with Gasteiger partial charge in [-0.2, -0.15) is 0 Å². The summed E-state index contributed by atoms with van der Waals surface area (Å²) in [5, 5.41) is 11.5. The standard InChI is InChI=1S/C20H30O3/c1-3-23-14-8-11-20(22)13(12-14)4-5-15-16-6-7-18(21)19(16,2)10-9-17(15)20/h9,13-16,22H,3-8,10-12H2,1-2H3/t13?,14-,15?,16?,19-,20?/m0/s1. The molecule has 4 aliphatic rings. The van der Waals surface area contributed by atoms with Gasteiger partial charge in [0.25, 0.3) is 0 Å². The molecule has 4 rings (SSSR count). The lowest BCUT2D eigenvalue weighted by Gasteiger charge is -2.54. The Morgan fingerprint density at radius 1 is 1.30 bits per heavy atom. The number of fused-ring (bicyclic) bond motifs is 5. The molecule has 4 unspecified atom stereocenters. The predicted molar refractivity (Wildman–Crippen MR) is 89.0 cm³/mol. The fraction of sp³-hybridized carbons (Fsp3) is 0.850. The van der Waals surface area contributed by atoms with Gasteiger partial charge < -0.3 is 9.84 Å². The highest BCUT2D eigenvalue weighted by molar-refractivity contribution is 5.87. The summed E-state index contributed by atoms with van der Waals surface area (Å²) < 4.78 is 5.84. The smallest absolute Gasteiger partial charge is 0.139 e. The van der Waals surface area contributed by atoms with Gasteiger partial charge in [0.05, 0.1) is 11.7 Å². The minimum Gasteiger partial charge on any atom is -0.385 e. The fourth-order valence-electron chi connectivity index (χ4n) is 6.27. The second-order valence-corrected chi connectivity index (χ2v) is 8.51. The summed E-state index contributed by atoms with van der Waals surface area (Å²) in [4.78, 5) is 12.4. The van der Waals surface area contributed by atoms with Crippen molar-refractivity contribution in [1.82, 2.24) is 0 Å². The Labute approximate surface area is 139 Å². The average molecular weight is 318 g/mol. The van der Waals surface area contributed by atoms with E-state index in [1.807, 2.05) is 0 Å². The molecular formula is C20H30O3. The Hall–Kier alpha value is -0.670. The van der Waals surface area contributed by atoms with E-state index < -0.39 is 5.60 Å². The molecule has 3 nitrogen and oxygen atoms in total. The Balaban J connectivity index is 1.62. The second-order valence-electron chi connectivity index (χ2n) is 8.51. The van der Waals surface area contributed by atoms with E-state index in [9.17, 15) is 9.90 Å².